The van der Waals surface area contributed by atoms with Gasteiger partial charge >= 0.3 is 0 Å². The molecule has 0 saturated carbocycles. The molecular formula is C22H19N5O3S. The summed E-state index contributed by atoms with van der Waals surface area (Å²) in [5.41, 5.74) is 0.887. The highest BCUT2D eigenvalue weighted by atomic mass is 32.2. The standard InChI is InChI=1S/C22H19N5O3S/c1-2-12-27-20(18-13-28-16-10-6-7-11-17(16)29-18)24-26-22(27)31-14-19-23-25-21(30-19)15-8-4-3-5-9-15/h2-11,18H,1,12-14H2/t18-/m0/s1. The summed E-state index contributed by atoms with van der Waals surface area (Å²) in [6, 6.07) is 17.3. The molecule has 5 rings (SSSR count). The van der Waals surface area contributed by atoms with Crippen molar-refractivity contribution in [2.75, 3.05) is 6.61 Å². The zero-order valence-corrected chi connectivity index (χ0v) is 17.4. The Labute approximate surface area is 182 Å². The quantitative estimate of drug-likeness (QED) is 0.315. The molecule has 0 fully saturated rings. The van der Waals surface area contributed by atoms with Gasteiger partial charge in [-0.3, -0.25) is 4.57 Å². The van der Waals surface area contributed by atoms with Crippen molar-refractivity contribution in [1.29, 1.82) is 0 Å². The summed E-state index contributed by atoms with van der Waals surface area (Å²) in [6.07, 6.45) is 1.44. The van der Waals surface area contributed by atoms with Crippen molar-refractivity contribution in [3.63, 3.8) is 0 Å². The van der Waals surface area contributed by atoms with Crippen molar-refractivity contribution in [2.24, 2.45) is 0 Å². The van der Waals surface area contributed by atoms with Crippen LogP contribution in [0, 0.1) is 0 Å². The van der Waals surface area contributed by atoms with Gasteiger partial charge in [-0.2, -0.15) is 0 Å². The third-order valence-electron chi connectivity index (χ3n) is 4.67. The summed E-state index contributed by atoms with van der Waals surface area (Å²) >= 11 is 1.47. The van der Waals surface area contributed by atoms with Crippen molar-refractivity contribution in [1.82, 2.24) is 25.0 Å². The minimum absolute atomic E-state index is 0.357. The normalized spacial score (nSPS) is 15.0. The number of hydrogen-bond donors (Lipinski definition) is 0. The van der Waals surface area contributed by atoms with Gasteiger partial charge in [-0.05, 0) is 24.3 Å². The van der Waals surface area contributed by atoms with Crippen LogP contribution in [0.25, 0.3) is 11.5 Å². The van der Waals surface area contributed by atoms with Crippen molar-refractivity contribution in [3.05, 3.63) is 79.0 Å². The lowest BCUT2D eigenvalue weighted by molar-refractivity contribution is 0.0821. The Kier molecular flexibility index (Phi) is 5.40. The monoisotopic (exact) mass is 433 g/mol. The second kappa shape index (κ2) is 8.65. The van der Waals surface area contributed by atoms with Crippen LogP contribution in [0.5, 0.6) is 11.5 Å². The SMILES string of the molecule is C=CCn1c(SCc2nnc(-c3ccccc3)o2)nnc1[C@@H]1COc2ccccc2O1. The van der Waals surface area contributed by atoms with E-state index >= 15 is 0 Å². The van der Waals surface area contributed by atoms with Gasteiger partial charge in [-0.25, -0.2) is 0 Å². The highest BCUT2D eigenvalue weighted by Crippen LogP contribution is 2.36. The fourth-order valence-electron chi connectivity index (χ4n) is 3.23. The van der Waals surface area contributed by atoms with E-state index in [1.54, 1.807) is 6.08 Å². The van der Waals surface area contributed by atoms with E-state index in [0.29, 0.717) is 42.3 Å². The van der Waals surface area contributed by atoms with Crippen LogP contribution in [0.1, 0.15) is 17.8 Å². The van der Waals surface area contributed by atoms with Crippen molar-refractivity contribution >= 4 is 11.8 Å². The fourth-order valence-corrected chi connectivity index (χ4v) is 4.02. The number of hydrogen-bond acceptors (Lipinski definition) is 8. The maximum Gasteiger partial charge on any atom is 0.247 e. The van der Waals surface area contributed by atoms with Crippen LogP contribution in [0.3, 0.4) is 0 Å². The first-order valence-electron chi connectivity index (χ1n) is 9.75. The summed E-state index contributed by atoms with van der Waals surface area (Å²) in [5, 5.41) is 17.7. The summed E-state index contributed by atoms with van der Waals surface area (Å²) in [7, 11) is 0. The first-order valence-corrected chi connectivity index (χ1v) is 10.7. The molecule has 31 heavy (non-hydrogen) atoms. The van der Waals surface area contributed by atoms with E-state index in [-0.39, 0.29) is 6.10 Å². The Balaban J connectivity index is 1.32. The molecule has 0 N–H and O–H groups in total. The summed E-state index contributed by atoms with van der Waals surface area (Å²) < 4.78 is 19.7. The van der Waals surface area contributed by atoms with E-state index in [1.165, 1.54) is 11.8 Å². The van der Waals surface area contributed by atoms with Crippen LogP contribution in [-0.2, 0) is 12.3 Å². The molecular weight excluding hydrogens is 414 g/mol. The molecule has 9 heteroatoms. The molecule has 8 nitrogen and oxygen atoms in total. The number of benzene rings is 2. The molecule has 3 heterocycles. The van der Waals surface area contributed by atoms with E-state index < -0.39 is 0 Å². The van der Waals surface area contributed by atoms with Crippen molar-refractivity contribution in [3.8, 4) is 23.0 Å². The summed E-state index contributed by atoms with van der Waals surface area (Å²) in [6.45, 7) is 4.76. The topological polar surface area (TPSA) is 88.1 Å². The predicted octanol–water partition coefficient (Wildman–Crippen LogP) is 4.32. The lowest BCUT2D eigenvalue weighted by Gasteiger charge is -2.26. The lowest BCUT2D eigenvalue weighted by atomic mass is 10.2. The zero-order chi connectivity index (χ0) is 21.0. The zero-order valence-electron chi connectivity index (χ0n) is 16.5. The molecule has 2 aromatic carbocycles. The summed E-state index contributed by atoms with van der Waals surface area (Å²) in [4.78, 5) is 0. The lowest BCUT2D eigenvalue weighted by Crippen LogP contribution is -2.25. The number of aromatic nitrogens is 5. The van der Waals surface area contributed by atoms with Gasteiger partial charge in [-0.15, -0.1) is 27.0 Å². The minimum Gasteiger partial charge on any atom is -0.485 e. The Morgan fingerprint density at radius 2 is 1.81 bits per heavy atom. The largest absolute Gasteiger partial charge is 0.485 e. The molecule has 2 aromatic heterocycles. The molecule has 1 atom stereocenters. The van der Waals surface area contributed by atoms with Gasteiger partial charge in [0.15, 0.2) is 28.6 Å². The van der Waals surface area contributed by atoms with Gasteiger partial charge in [-0.1, -0.05) is 48.2 Å². The van der Waals surface area contributed by atoms with Gasteiger partial charge in [0, 0.05) is 12.1 Å². The highest BCUT2D eigenvalue weighted by Gasteiger charge is 2.28. The third kappa shape index (κ3) is 4.04. The van der Waals surface area contributed by atoms with E-state index in [4.69, 9.17) is 13.9 Å². The van der Waals surface area contributed by atoms with E-state index in [1.807, 2.05) is 59.2 Å². The molecule has 0 saturated heterocycles. The second-order valence-electron chi connectivity index (χ2n) is 6.76. The van der Waals surface area contributed by atoms with Crippen LogP contribution < -0.4 is 9.47 Å². The van der Waals surface area contributed by atoms with Crippen LogP contribution in [0.2, 0.25) is 0 Å². The number of rotatable bonds is 7. The van der Waals surface area contributed by atoms with Crippen molar-refractivity contribution < 1.29 is 13.9 Å². The maximum absolute atomic E-state index is 6.10. The maximum atomic E-state index is 6.10. The van der Waals surface area contributed by atoms with E-state index in [2.05, 4.69) is 27.0 Å². The summed E-state index contributed by atoms with van der Waals surface area (Å²) in [5.74, 6) is 3.60. The van der Waals surface area contributed by atoms with Crippen molar-refractivity contribution in [2.45, 2.75) is 23.6 Å². The van der Waals surface area contributed by atoms with Crippen LogP contribution in [0.4, 0.5) is 0 Å². The number of allylic oxidation sites excluding steroid dienone is 1. The smallest absolute Gasteiger partial charge is 0.247 e. The number of para-hydroxylation sites is 2. The first-order chi connectivity index (χ1) is 15.3. The van der Waals surface area contributed by atoms with Crippen LogP contribution in [0.15, 0.2) is 76.8 Å². The molecule has 0 aliphatic carbocycles. The van der Waals surface area contributed by atoms with Gasteiger partial charge < -0.3 is 13.9 Å². The van der Waals surface area contributed by atoms with Gasteiger partial charge in [0.05, 0.1) is 5.75 Å². The average molecular weight is 433 g/mol. The Morgan fingerprint density at radius 3 is 2.65 bits per heavy atom. The van der Waals surface area contributed by atoms with Gasteiger partial charge in [0.25, 0.3) is 0 Å². The molecule has 1 aliphatic heterocycles. The second-order valence-corrected chi connectivity index (χ2v) is 7.70. The first kappa shape index (κ1) is 19.4. The minimum atomic E-state index is -0.357. The van der Waals surface area contributed by atoms with Crippen LogP contribution >= 0.6 is 11.8 Å². The van der Waals surface area contributed by atoms with E-state index in [9.17, 15) is 0 Å². The van der Waals surface area contributed by atoms with E-state index in [0.717, 1.165) is 16.5 Å². The van der Waals surface area contributed by atoms with Gasteiger partial charge in [0.2, 0.25) is 11.8 Å². The Hall–Kier alpha value is -3.59. The number of nitrogens with zero attached hydrogens (tertiary/aromatic N) is 5. The number of ether oxygens (including phenoxy) is 2. The predicted molar refractivity (Wildman–Crippen MR) is 115 cm³/mol. The highest BCUT2D eigenvalue weighted by molar-refractivity contribution is 7.98. The Morgan fingerprint density at radius 1 is 1.00 bits per heavy atom. The molecule has 156 valence electrons. The number of fused-ring (bicyclic) bond motifs is 1. The molecule has 4 aromatic rings. The van der Waals surface area contributed by atoms with Gasteiger partial charge in [0.1, 0.15) is 6.61 Å². The molecule has 0 amide bonds. The fraction of sp³-hybridized carbons (Fsp3) is 0.182. The molecule has 0 unspecified atom stereocenters. The molecule has 0 radical (unpaired) electrons. The van der Waals surface area contributed by atoms with Crippen LogP contribution in [-0.4, -0.2) is 31.6 Å². The Bertz CT molecular complexity index is 1190. The molecule has 0 bridgehead atoms. The molecule has 0 spiro atoms. The third-order valence-corrected chi connectivity index (χ3v) is 5.62. The average Bonchev–Trinajstić information content (AvgIpc) is 3.45. The number of thioether (sulfide) groups is 1. The molecule has 1 aliphatic rings.